The Morgan fingerprint density at radius 2 is 2.11 bits per heavy atom. The van der Waals surface area contributed by atoms with Crippen LogP contribution in [0, 0.1) is 0 Å². The predicted molar refractivity (Wildman–Crippen MR) is 73.5 cm³/mol. The standard InChI is InChI=1S/C14H23N3O/c1-11(15)12-5-6-13(16-9-12)17(2)10-14(18)7-3-4-8-14/h5-6,9,11,18H,3-4,7-8,10,15H2,1-2H3/t11-/m1/s1. The molecular formula is C14H23N3O. The summed E-state index contributed by atoms with van der Waals surface area (Å²) in [6.45, 7) is 2.60. The summed E-state index contributed by atoms with van der Waals surface area (Å²) in [4.78, 5) is 6.43. The fourth-order valence-corrected chi connectivity index (χ4v) is 2.61. The molecule has 0 bridgehead atoms. The third kappa shape index (κ3) is 3.00. The second-order valence-electron chi connectivity index (χ2n) is 5.53. The van der Waals surface area contributed by atoms with Gasteiger partial charge in [-0.15, -0.1) is 0 Å². The Labute approximate surface area is 109 Å². The fraction of sp³-hybridized carbons (Fsp3) is 0.643. The molecule has 3 N–H and O–H groups in total. The Morgan fingerprint density at radius 1 is 1.44 bits per heavy atom. The largest absolute Gasteiger partial charge is 0.388 e. The van der Waals surface area contributed by atoms with Gasteiger partial charge in [0.25, 0.3) is 0 Å². The molecule has 0 aromatic carbocycles. The van der Waals surface area contributed by atoms with Crippen molar-refractivity contribution in [2.24, 2.45) is 5.73 Å². The molecule has 1 heterocycles. The number of likely N-dealkylation sites (N-methyl/N-ethyl adjacent to an activating group) is 1. The number of aromatic nitrogens is 1. The fourth-order valence-electron chi connectivity index (χ4n) is 2.61. The quantitative estimate of drug-likeness (QED) is 0.854. The smallest absolute Gasteiger partial charge is 0.128 e. The van der Waals surface area contributed by atoms with Gasteiger partial charge in [-0.3, -0.25) is 0 Å². The van der Waals surface area contributed by atoms with Crippen LogP contribution in [0.2, 0.25) is 0 Å². The molecule has 1 atom stereocenters. The molecule has 2 rings (SSSR count). The minimum absolute atomic E-state index is 0.0101. The SMILES string of the molecule is C[C@@H](N)c1ccc(N(C)CC2(O)CCCC2)nc1. The van der Waals surface area contributed by atoms with E-state index in [1.807, 2.05) is 37.2 Å². The molecular weight excluding hydrogens is 226 g/mol. The van der Waals surface area contributed by atoms with Gasteiger partial charge in [0, 0.05) is 25.8 Å². The average molecular weight is 249 g/mol. The molecule has 0 spiro atoms. The number of nitrogens with two attached hydrogens (primary N) is 1. The van der Waals surface area contributed by atoms with E-state index in [-0.39, 0.29) is 6.04 Å². The molecule has 1 saturated carbocycles. The molecule has 0 saturated heterocycles. The summed E-state index contributed by atoms with van der Waals surface area (Å²) in [5.41, 5.74) is 6.30. The molecule has 100 valence electrons. The van der Waals surface area contributed by atoms with Crippen LogP contribution in [0.25, 0.3) is 0 Å². The molecule has 1 aliphatic carbocycles. The van der Waals surface area contributed by atoms with Gasteiger partial charge in [-0.05, 0) is 31.4 Å². The zero-order valence-electron chi connectivity index (χ0n) is 11.3. The lowest BCUT2D eigenvalue weighted by molar-refractivity contribution is 0.0558. The highest BCUT2D eigenvalue weighted by atomic mass is 16.3. The van der Waals surface area contributed by atoms with E-state index in [1.165, 1.54) is 0 Å². The lowest BCUT2D eigenvalue weighted by Crippen LogP contribution is -2.39. The van der Waals surface area contributed by atoms with E-state index in [9.17, 15) is 5.11 Å². The van der Waals surface area contributed by atoms with Crippen LogP contribution in [0.5, 0.6) is 0 Å². The van der Waals surface area contributed by atoms with Crippen molar-refractivity contribution in [1.29, 1.82) is 0 Å². The highest BCUT2D eigenvalue weighted by Crippen LogP contribution is 2.30. The van der Waals surface area contributed by atoms with Crippen molar-refractivity contribution in [2.75, 3.05) is 18.5 Å². The average Bonchev–Trinajstić information content (AvgIpc) is 2.76. The Bertz CT molecular complexity index is 383. The number of hydrogen-bond donors (Lipinski definition) is 2. The number of aliphatic hydroxyl groups is 1. The molecule has 0 unspecified atom stereocenters. The third-order valence-corrected chi connectivity index (χ3v) is 3.75. The summed E-state index contributed by atoms with van der Waals surface area (Å²) in [6, 6.07) is 3.98. The van der Waals surface area contributed by atoms with Crippen LogP contribution >= 0.6 is 0 Å². The number of pyridine rings is 1. The minimum atomic E-state index is -0.531. The highest BCUT2D eigenvalue weighted by molar-refractivity contribution is 5.39. The zero-order chi connectivity index (χ0) is 13.2. The molecule has 4 nitrogen and oxygen atoms in total. The monoisotopic (exact) mass is 249 g/mol. The summed E-state index contributed by atoms with van der Waals surface area (Å²) in [5, 5.41) is 10.4. The van der Waals surface area contributed by atoms with Crippen molar-refractivity contribution >= 4 is 5.82 Å². The minimum Gasteiger partial charge on any atom is -0.388 e. The molecule has 0 radical (unpaired) electrons. The summed E-state index contributed by atoms with van der Waals surface area (Å²) < 4.78 is 0. The molecule has 0 amide bonds. The van der Waals surface area contributed by atoms with Crippen molar-refractivity contribution in [1.82, 2.24) is 4.98 Å². The second-order valence-corrected chi connectivity index (χ2v) is 5.53. The number of hydrogen-bond acceptors (Lipinski definition) is 4. The van der Waals surface area contributed by atoms with Gasteiger partial charge in [-0.25, -0.2) is 4.98 Å². The van der Waals surface area contributed by atoms with Gasteiger partial charge in [0.05, 0.1) is 5.60 Å². The lowest BCUT2D eigenvalue weighted by Gasteiger charge is -2.29. The van der Waals surface area contributed by atoms with Crippen molar-refractivity contribution in [3.8, 4) is 0 Å². The van der Waals surface area contributed by atoms with Crippen molar-refractivity contribution < 1.29 is 5.11 Å². The first-order chi connectivity index (χ1) is 8.50. The van der Waals surface area contributed by atoms with Crippen LogP contribution < -0.4 is 10.6 Å². The molecule has 1 aromatic rings. The van der Waals surface area contributed by atoms with E-state index in [2.05, 4.69) is 4.98 Å². The maximum absolute atomic E-state index is 10.4. The Kier molecular flexibility index (Phi) is 3.88. The van der Waals surface area contributed by atoms with Gasteiger partial charge in [0.1, 0.15) is 5.82 Å². The van der Waals surface area contributed by atoms with E-state index in [0.29, 0.717) is 6.54 Å². The number of rotatable bonds is 4. The maximum atomic E-state index is 10.4. The van der Waals surface area contributed by atoms with E-state index in [0.717, 1.165) is 37.1 Å². The van der Waals surface area contributed by atoms with E-state index < -0.39 is 5.60 Å². The summed E-state index contributed by atoms with van der Waals surface area (Å²) in [5.74, 6) is 0.889. The Balaban J connectivity index is 2.02. The summed E-state index contributed by atoms with van der Waals surface area (Å²) in [7, 11) is 1.98. The lowest BCUT2D eigenvalue weighted by atomic mass is 10.0. The topological polar surface area (TPSA) is 62.4 Å². The first-order valence-corrected chi connectivity index (χ1v) is 6.65. The van der Waals surface area contributed by atoms with Crippen LogP contribution in [0.1, 0.15) is 44.2 Å². The van der Waals surface area contributed by atoms with Crippen LogP contribution in [0.4, 0.5) is 5.82 Å². The third-order valence-electron chi connectivity index (χ3n) is 3.75. The van der Waals surface area contributed by atoms with Crippen molar-refractivity contribution in [3.63, 3.8) is 0 Å². The van der Waals surface area contributed by atoms with Gasteiger partial charge in [-0.1, -0.05) is 18.9 Å². The molecule has 1 aromatic heterocycles. The van der Waals surface area contributed by atoms with E-state index >= 15 is 0 Å². The predicted octanol–water partition coefficient (Wildman–Crippen LogP) is 1.84. The van der Waals surface area contributed by atoms with Gasteiger partial charge < -0.3 is 15.7 Å². The molecule has 1 fully saturated rings. The summed E-state index contributed by atoms with van der Waals surface area (Å²) >= 11 is 0. The number of nitrogens with zero attached hydrogens (tertiary/aromatic N) is 2. The van der Waals surface area contributed by atoms with E-state index in [4.69, 9.17) is 5.73 Å². The van der Waals surface area contributed by atoms with E-state index in [1.54, 1.807) is 0 Å². The van der Waals surface area contributed by atoms with Crippen LogP contribution in [0.15, 0.2) is 18.3 Å². The first-order valence-electron chi connectivity index (χ1n) is 6.65. The Hall–Kier alpha value is -1.13. The molecule has 18 heavy (non-hydrogen) atoms. The van der Waals surface area contributed by atoms with Gasteiger partial charge >= 0.3 is 0 Å². The second kappa shape index (κ2) is 5.24. The normalized spacial score (nSPS) is 19.8. The van der Waals surface area contributed by atoms with Crippen molar-refractivity contribution in [2.45, 2.75) is 44.2 Å². The van der Waals surface area contributed by atoms with Gasteiger partial charge in [0.2, 0.25) is 0 Å². The van der Waals surface area contributed by atoms with Gasteiger partial charge in [0.15, 0.2) is 0 Å². The molecule has 1 aliphatic rings. The summed E-state index contributed by atoms with van der Waals surface area (Å²) in [6.07, 6.45) is 5.86. The molecule has 0 aliphatic heterocycles. The maximum Gasteiger partial charge on any atom is 0.128 e. The van der Waals surface area contributed by atoms with Crippen molar-refractivity contribution in [3.05, 3.63) is 23.9 Å². The zero-order valence-corrected chi connectivity index (χ0v) is 11.3. The Morgan fingerprint density at radius 3 is 2.61 bits per heavy atom. The van der Waals surface area contributed by atoms with Crippen LogP contribution in [-0.2, 0) is 0 Å². The van der Waals surface area contributed by atoms with Crippen LogP contribution in [-0.4, -0.2) is 29.3 Å². The molecule has 4 heteroatoms. The number of anilines is 1. The van der Waals surface area contributed by atoms with Gasteiger partial charge in [-0.2, -0.15) is 0 Å². The highest BCUT2D eigenvalue weighted by Gasteiger charge is 2.32. The van der Waals surface area contributed by atoms with Crippen LogP contribution in [0.3, 0.4) is 0 Å². The first kappa shape index (κ1) is 13.3.